The van der Waals surface area contributed by atoms with Gasteiger partial charge in [0.25, 0.3) is 0 Å². The summed E-state index contributed by atoms with van der Waals surface area (Å²) in [5.41, 5.74) is 0. The fourth-order valence-corrected chi connectivity index (χ4v) is 0. The third kappa shape index (κ3) is 230. The molecule has 0 unspecified atom stereocenters. The van der Waals surface area contributed by atoms with Gasteiger partial charge in [0.15, 0.2) is 0 Å². The third-order valence-corrected chi connectivity index (χ3v) is 0. The van der Waals surface area contributed by atoms with Gasteiger partial charge in [-0.25, -0.2) is 0 Å². The quantitative estimate of drug-likeness (QED) is 0.201. The topological polar surface area (TPSA) is 0 Å². The molecule has 0 amide bonds. The molecule has 0 aliphatic heterocycles. The SMILES string of the molecule is [F-].[F-].[F-].[F-].[Li+]. The van der Waals surface area contributed by atoms with Gasteiger partial charge in [-0.15, -0.1) is 0 Å². The summed E-state index contributed by atoms with van der Waals surface area (Å²) in [6, 6.07) is 0. The van der Waals surface area contributed by atoms with Gasteiger partial charge in [-0.2, -0.15) is 0 Å². The minimum absolute atomic E-state index is 0. The molecule has 0 saturated heterocycles. The summed E-state index contributed by atoms with van der Waals surface area (Å²) in [5.74, 6) is 0. The first-order chi connectivity index (χ1) is 0. The van der Waals surface area contributed by atoms with Crippen molar-refractivity contribution in [1.82, 2.24) is 0 Å². The van der Waals surface area contributed by atoms with Crippen molar-refractivity contribution in [2.45, 2.75) is 0 Å². The molecule has 0 aromatic rings. The molecule has 0 saturated carbocycles. The van der Waals surface area contributed by atoms with Crippen LogP contribution in [-0.4, -0.2) is 0 Å². The summed E-state index contributed by atoms with van der Waals surface area (Å²) in [4.78, 5) is 0. The van der Waals surface area contributed by atoms with Gasteiger partial charge in [0.2, 0.25) is 0 Å². The van der Waals surface area contributed by atoms with Crippen molar-refractivity contribution < 1.29 is 37.7 Å². The van der Waals surface area contributed by atoms with Crippen LogP contribution >= 0.6 is 0 Å². The zero-order chi connectivity index (χ0) is 0. The van der Waals surface area contributed by atoms with E-state index >= 15 is 0 Å². The van der Waals surface area contributed by atoms with Crippen molar-refractivity contribution in [3.63, 3.8) is 0 Å². The third-order valence-electron chi connectivity index (χ3n) is 0. The van der Waals surface area contributed by atoms with E-state index in [-0.39, 0.29) is 37.7 Å². The Bertz CT molecular complexity index is 3.61. The largest absolute Gasteiger partial charge is 1.00 e. The van der Waals surface area contributed by atoms with Crippen LogP contribution in [0.4, 0.5) is 0 Å². The predicted molar refractivity (Wildman–Crippen MR) is 0 cm³/mol. The summed E-state index contributed by atoms with van der Waals surface area (Å²) >= 11 is 0. The number of hydrogen-bond acceptors (Lipinski definition) is 0. The fourth-order valence-electron chi connectivity index (χ4n) is 0. The second kappa shape index (κ2) is 472. The van der Waals surface area contributed by atoms with Crippen molar-refractivity contribution in [2.24, 2.45) is 0 Å². The van der Waals surface area contributed by atoms with Gasteiger partial charge in [0.1, 0.15) is 0 Å². The summed E-state index contributed by atoms with van der Waals surface area (Å²) in [5, 5.41) is 0. The van der Waals surface area contributed by atoms with Crippen molar-refractivity contribution >= 4 is 0 Å². The molecule has 0 atom stereocenters. The minimum atomic E-state index is 0. The summed E-state index contributed by atoms with van der Waals surface area (Å²) in [7, 11) is 0. The van der Waals surface area contributed by atoms with E-state index in [1.54, 1.807) is 0 Å². The Morgan fingerprint density at radius 2 is 0.400 bits per heavy atom. The van der Waals surface area contributed by atoms with E-state index in [0.717, 1.165) is 0 Å². The van der Waals surface area contributed by atoms with Crippen LogP contribution in [0.3, 0.4) is 0 Å². The monoisotopic (exact) mass is 83.0 g/mol. The molecule has 0 aromatic heterocycles. The molecule has 5 heteroatoms. The standard InChI is InChI=1S/4FH.Li/h4*1H;/q;;;;+1/p-4. The van der Waals surface area contributed by atoms with Crippen LogP contribution in [0.15, 0.2) is 0 Å². The molecule has 0 aliphatic carbocycles. The molecule has 5 heavy (non-hydrogen) atoms. The van der Waals surface area contributed by atoms with E-state index in [1.807, 2.05) is 0 Å². The van der Waals surface area contributed by atoms with Gasteiger partial charge in [-0.1, -0.05) is 0 Å². The van der Waals surface area contributed by atoms with E-state index < -0.39 is 0 Å². The molecule has 0 rings (SSSR count). The molecule has 32 valence electrons. The fraction of sp³-hybridized carbons (Fsp3) is 0. The number of rotatable bonds is 0. The molecule has 0 aliphatic rings. The molecule has 0 N–H and O–H groups in total. The van der Waals surface area contributed by atoms with E-state index in [9.17, 15) is 0 Å². The summed E-state index contributed by atoms with van der Waals surface area (Å²) in [6.07, 6.45) is 0. The predicted octanol–water partition coefficient (Wildman–Crippen LogP) is -15.0. The average Bonchev–Trinajstić information content (AvgIpc) is 0. The molecular weight excluding hydrogens is 82.9 g/mol. The smallest absolute Gasteiger partial charge is 1.00 e. The Morgan fingerprint density at radius 3 is 0.400 bits per heavy atom. The van der Waals surface area contributed by atoms with Crippen molar-refractivity contribution in [2.75, 3.05) is 0 Å². The Kier molecular flexibility index (Phi) is 92800. The second-order valence-corrected chi connectivity index (χ2v) is 0. The number of hydrogen-bond donors (Lipinski definition) is 0. The Hall–Kier alpha value is 0.317. The van der Waals surface area contributed by atoms with Crippen molar-refractivity contribution in [3.8, 4) is 0 Å². The zero-order valence-electron chi connectivity index (χ0n) is 2.51. The molecule has 0 bridgehead atoms. The molecule has 0 radical (unpaired) electrons. The van der Waals surface area contributed by atoms with Crippen molar-refractivity contribution in [3.05, 3.63) is 0 Å². The number of halogens is 4. The molecule has 0 aromatic carbocycles. The zero-order valence-corrected chi connectivity index (χ0v) is 2.51. The van der Waals surface area contributed by atoms with Gasteiger partial charge in [-0.05, 0) is 0 Å². The van der Waals surface area contributed by atoms with Gasteiger partial charge in [0, 0.05) is 0 Å². The van der Waals surface area contributed by atoms with Crippen LogP contribution in [0.25, 0.3) is 0 Å². The molecule has 0 spiro atoms. The van der Waals surface area contributed by atoms with E-state index in [1.165, 1.54) is 0 Å². The average molecular weight is 82.9 g/mol. The van der Waals surface area contributed by atoms with Crippen LogP contribution in [-0.2, 0) is 0 Å². The van der Waals surface area contributed by atoms with Crippen LogP contribution < -0.4 is 37.7 Å². The first-order valence-electron chi connectivity index (χ1n) is 0. The van der Waals surface area contributed by atoms with E-state index in [0.29, 0.717) is 0 Å². The van der Waals surface area contributed by atoms with Gasteiger partial charge >= 0.3 is 18.9 Å². The second-order valence-electron chi connectivity index (χ2n) is 0. The van der Waals surface area contributed by atoms with Gasteiger partial charge in [0.05, 0.1) is 0 Å². The normalized spacial score (nSPS) is 0. The Balaban J connectivity index is 0. The molecule has 0 fully saturated rings. The maximum atomic E-state index is 0. The van der Waals surface area contributed by atoms with Crippen molar-refractivity contribution in [1.29, 1.82) is 0 Å². The Labute approximate surface area is 38.6 Å². The first kappa shape index (κ1) is 984. The molecular formula is F4Li-3. The van der Waals surface area contributed by atoms with Crippen LogP contribution in [0.5, 0.6) is 0 Å². The maximum absolute atomic E-state index is 0. The Morgan fingerprint density at radius 1 is 0.400 bits per heavy atom. The maximum Gasteiger partial charge on any atom is 1.00 e. The van der Waals surface area contributed by atoms with Gasteiger partial charge in [-0.3, -0.25) is 0 Å². The van der Waals surface area contributed by atoms with Crippen LogP contribution in [0, 0.1) is 0 Å². The van der Waals surface area contributed by atoms with E-state index in [2.05, 4.69) is 0 Å². The first-order valence-corrected chi connectivity index (χ1v) is 0. The van der Waals surface area contributed by atoms with Crippen LogP contribution in [0.1, 0.15) is 0 Å². The van der Waals surface area contributed by atoms with E-state index in [4.69, 9.17) is 0 Å². The van der Waals surface area contributed by atoms with Crippen LogP contribution in [0.2, 0.25) is 0 Å². The summed E-state index contributed by atoms with van der Waals surface area (Å²) < 4.78 is 0. The van der Waals surface area contributed by atoms with Gasteiger partial charge < -0.3 is 18.8 Å². The minimum Gasteiger partial charge on any atom is -1.00 e. The summed E-state index contributed by atoms with van der Waals surface area (Å²) in [6.45, 7) is 0. The molecule has 0 heterocycles. The molecule has 0 nitrogen and oxygen atoms in total.